The lowest BCUT2D eigenvalue weighted by Crippen LogP contribution is -2.60. The fraction of sp³-hybridized carbons (Fsp3) is 0.333. The van der Waals surface area contributed by atoms with Crippen LogP contribution in [-0.4, -0.2) is 50.7 Å². The SMILES string of the molecule is C=C1CC[C@](C)(N2C(=O)c3ccc(CCC(=O)c4ccc(OCC)nn4)cc3C2=O)C(=O)N1. The zero-order valence-corrected chi connectivity index (χ0v) is 18.5. The lowest BCUT2D eigenvalue weighted by Gasteiger charge is -2.39. The zero-order chi connectivity index (χ0) is 23.8. The quantitative estimate of drug-likeness (QED) is 0.510. The Labute approximate surface area is 190 Å². The fourth-order valence-corrected chi connectivity index (χ4v) is 4.05. The Bertz CT molecular complexity index is 1170. The van der Waals surface area contributed by atoms with Gasteiger partial charge in [-0.05, 0) is 56.9 Å². The van der Waals surface area contributed by atoms with Crippen molar-refractivity contribution in [2.24, 2.45) is 0 Å². The number of hydrogen-bond acceptors (Lipinski definition) is 7. The van der Waals surface area contributed by atoms with Crippen LogP contribution in [0, 0.1) is 0 Å². The standard InChI is InChI=1S/C24H24N4O5/c1-4-33-20-10-8-18(26-27-20)19(29)9-6-15-5-7-16-17(13-15)22(31)28(21(16)30)24(3)12-11-14(2)25-23(24)32/h5,7-8,10,13H,2,4,6,9,11-12H2,1,3H3,(H,25,32)/t24-/m0/s1. The van der Waals surface area contributed by atoms with Crippen molar-refractivity contribution in [3.8, 4) is 5.88 Å². The number of allylic oxidation sites excluding steroid dienone is 1. The van der Waals surface area contributed by atoms with Gasteiger partial charge in [0.2, 0.25) is 11.8 Å². The first-order valence-electron chi connectivity index (χ1n) is 10.8. The van der Waals surface area contributed by atoms with Crippen molar-refractivity contribution < 1.29 is 23.9 Å². The second kappa shape index (κ2) is 8.57. The van der Waals surface area contributed by atoms with E-state index in [1.54, 1.807) is 37.3 Å². The number of Topliss-reactive ketones (excluding diaryl/α,β-unsaturated/α-hetero) is 1. The second-order valence-electron chi connectivity index (χ2n) is 8.27. The van der Waals surface area contributed by atoms with E-state index in [4.69, 9.17) is 4.74 Å². The maximum absolute atomic E-state index is 13.1. The topological polar surface area (TPSA) is 119 Å². The van der Waals surface area contributed by atoms with Crippen LogP contribution in [0.5, 0.6) is 5.88 Å². The number of aryl methyl sites for hydroxylation is 1. The van der Waals surface area contributed by atoms with E-state index in [1.807, 2.05) is 6.92 Å². The zero-order valence-electron chi connectivity index (χ0n) is 18.5. The predicted octanol–water partition coefficient (Wildman–Crippen LogP) is 2.47. The summed E-state index contributed by atoms with van der Waals surface area (Å²) in [7, 11) is 0. The third-order valence-electron chi connectivity index (χ3n) is 6.00. The molecule has 2 aromatic rings. The Hall–Kier alpha value is -3.88. The lowest BCUT2D eigenvalue weighted by molar-refractivity contribution is -0.131. The molecule has 33 heavy (non-hydrogen) atoms. The van der Waals surface area contributed by atoms with Crippen molar-refractivity contribution >= 4 is 23.5 Å². The predicted molar refractivity (Wildman–Crippen MR) is 118 cm³/mol. The Kier molecular flexibility index (Phi) is 5.80. The Balaban J connectivity index is 1.48. The third-order valence-corrected chi connectivity index (χ3v) is 6.00. The summed E-state index contributed by atoms with van der Waals surface area (Å²) in [6.07, 6.45) is 1.32. The van der Waals surface area contributed by atoms with Gasteiger partial charge in [-0.15, -0.1) is 10.2 Å². The number of benzene rings is 1. The first-order valence-corrected chi connectivity index (χ1v) is 10.8. The van der Waals surface area contributed by atoms with Crippen molar-refractivity contribution in [1.82, 2.24) is 20.4 Å². The molecule has 3 heterocycles. The number of carbonyl (C=O) groups is 4. The van der Waals surface area contributed by atoms with Crippen LogP contribution in [0.15, 0.2) is 42.6 Å². The molecule has 2 aliphatic rings. The summed E-state index contributed by atoms with van der Waals surface area (Å²) in [5.41, 5.74) is 0.746. The Morgan fingerprint density at radius 3 is 2.58 bits per heavy atom. The van der Waals surface area contributed by atoms with Gasteiger partial charge >= 0.3 is 0 Å². The molecule has 1 N–H and O–H groups in total. The Morgan fingerprint density at radius 1 is 1.15 bits per heavy atom. The van der Waals surface area contributed by atoms with Crippen LogP contribution in [0.3, 0.4) is 0 Å². The largest absolute Gasteiger partial charge is 0.477 e. The minimum Gasteiger partial charge on any atom is -0.477 e. The summed E-state index contributed by atoms with van der Waals surface area (Å²) in [6, 6.07) is 8.07. The lowest BCUT2D eigenvalue weighted by atomic mass is 9.88. The first-order chi connectivity index (χ1) is 15.7. The highest BCUT2D eigenvalue weighted by Crippen LogP contribution is 2.35. The summed E-state index contributed by atoms with van der Waals surface area (Å²) in [4.78, 5) is 52.3. The van der Waals surface area contributed by atoms with E-state index in [0.717, 1.165) is 10.5 Å². The van der Waals surface area contributed by atoms with Crippen LogP contribution in [0.4, 0.5) is 0 Å². The highest BCUT2D eigenvalue weighted by molar-refractivity contribution is 6.23. The number of amides is 3. The molecule has 1 aromatic heterocycles. The average Bonchev–Trinajstić information content (AvgIpc) is 3.05. The molecule has 9 nitrogen and oxygen atoms in total. The average molecular weight is 448 g/mol. The number of ketones is 1. The van der Waals surface area contributed by atoms with Crippen molar-refractivity contribution in [3.05, 3.63) is 65.0 Å². The highest BCUT2D eigenvalue weighted by Gasteiger charge is 2.51. The van der Waals surface area contributed by atoms with Gasteiger partial charge in [0.05, 0.1) is 17.7 Å². The van der Waals surface area contributed by atoms with Crippen LogP contribution in [0.2, 0.25) is 0 Å². The second-order valence-corrected chi connectivity index (χ2v) is 8.27. The molecule has 0 aliphatic carbocycles. The fourth-order valence-electron chi connectivity index (χ4n) is 4.05. The molecule has 1 saturated heterocycles. The number of aromatic nitrogens is 2. The molecule has 170 valence electrons. The number of nitrogens with one attached hydrogen (secondary N) is 1. The van der Waals surface area contributed by atoms with E-state index in [1.165, 1.54) is 0 Å². The number of fused-ring (bicyclic) bond motifs is 1. The summed E-state index contributed by atoms with van der Waals surface area (Å²) < 4.78 is 5.23. The Morgan fingerprint density at radius 2 is 1.91 bits per heavy atom. The molecule has 0 bridgehead atoms. The van der Waals surface area contributed by atoms with Crippen LogP contribution in [0.1, 0.15) is 69.9 Å². The molecule has 0 unspecified atom stereocenters. The van der Waals surface area contributed by atoms with Crippen LogP contribution < -0.4 is 10.1 Å². The molecule has 3 amide bonds. The molecule has 1 fully saturated rings. The van der Waals surface area contributed by atoms with Gasteiger partial charge in [0.15, 0.2) is 5.78 Å². The van der Waals surface area contributed by atoms with Crippen LogP contribution in [-0.2, 0) is 11.2 Å². The van der Waals surface area contributed by atoms with E-state index in [0.29, 0.717) is 37.4 Å². The number of ether oxygens (including phenoxy) is 1. The van der Waals surface area contributed by atoms with Gasteiger partial charge in [-0.1, -0.05) is 12.6 Å². The molecule has 0 spiro atoms. The summed E-state index contributed by atoms with van der Waals surface area (Å²) in [6.45, 7) is 7.63. The number of rotatable bonds is 7. The van der Waals surface area contributed by atoms with Crippen LogP contribution >= 0.6 is 0 Å². The highest BCUT2D eigenvalue weighted by atomic mass is 16.5. The van der Waals surface area contributed by atoms with E-state index in [2.05, 4.69) is 22.1 Å². The third kappa shape index (κ3) is 4.02. The summed E-state index contributed by atoms with van der Waals surface area (Å²) in [5.74, 6) is -1.26. The van der Waals surface area contributed by atoms with Crippen molar-refractivity contribution in [3.63, 3.8) is 0 Å². The normalized spacial score (nSPS) is 20.0. The number of hydrogen-bond donors (Lipinski definition) is 1. The van der Waals surface area contributed by atoms with Gasteiger partial charge in [-0.2, -0.15) is 0 Å². The smallest absolute Gasteiger partial charge is 0.262 e. The number of carbonyl (C=O) groups excluding carboxylic acids is 4. The van der Waals surface area contributed by atoms with Gasteiger partial charge in [-0.25, -0.2) is 0 Å². The minimum absolute atomic E-state index is 0.162. The van der Waals surface area contributed by atoms with E-state index in [9.17, 15) is 19.2 Å². The van der Waals surface area contributed by atoms with Crippen molar-refractivity contribution in [2.75, 3.05) is 6.61 Å². The molecule has 2 aliphatic heterocycles. The summed E-state index contributed by atoms with van der Waals surface area (Å²) in [5, 5.41) is 10.4. The minimum atomic E-state index is -1.28. The van der Waals surface area contributed by atoms with Crippen molar-refractivity contribution in [1.29, 1.82) is 0 Å². The number of piperidine rings is 1. The molecule has 4 rings (SSSR count). The number of nitrogens with zero attached hydrogens (tertiary/aromatic N) is 3. The molecule has 0 radical (unpaired) electrons. The van der Waals surface area contributed by atoms with E-state index >= 15 is 0 Å². The first kappa shape index (κ1) is 22.3. The van der Waals surface area contributed by atoms with Crippen LogP contribution in [0.25, 0.3) is 0 Å². The monoisotopic (exact) mass is 448 g/mol. The van der Waals surface area contributed by atoms with Gasteiger partial charge in [-0.3, -0.25) is 24.1 Å². The van der Waals surface area contributed by atoms with Gasteiger partial charge < -0.3 is 10.1 Å². The van der Waals surface area contributed by atoms with E-state index < -0.39 is 23.3 Å². The summed E-state index contributed by atoms with van der Waals surface area (Å²) >= 11 is 0. The molecular formula is C24H24N4O5. The molecule has 1 atom stereocenters. The maximum Gasteiger partial charge on any atom is 0.262 e. The molecule has 1 aromatic carbocycles. The molecule has 0 saturated carbocycles. The maximum atomic E-state index is 13.1. The molecule has 9 heteroatoms. The number of imide groups is 1. The van der Waals surface area contributed by atoms with Gasteiger partial charge in [0.25, 0.3) is 11.8 Å². The van der Waals surface area contributed by atoms with Gasteiger partial charge in [0.1, 0.15) is 11.2 Å². The van der Waals surface area contributed by atoms with Gasteiger partial charge in [0, 0.05) is 18.2 Å². The van der Waals surface area contributed by atoms with Crippen molar-refractivity contribution in [2.45, 2.75) is 45.1 Å². The van der Waals surface area contributed by atoms with E-state index in [-0.39, 0.29) is 29.0 Å². The molecular weight excluding hydrogens is 424 g/mol.